The first-order chi connectivity index (χ1) is 7.97. The van der Waals surface area contributed by atoms with Gasteiger partial charge in [0, 0.05) is 18.0 Å². The summed E-state index contributed by atoms with van der Waals surface area (Å²) in [5.74, 6) is 0. The fraction of sp³-hybridized carbons (Fsp3) is 0.636. The first-order valence-electron chi connectivity index (χ1n) is 5.39. The van der Waals surface area contributed by atoms with Crippen LogP contribution in [0.5, 0.6) is 0 Å². The van der Waals surface area contributed by atoms with E-state index in [9.17, 15) is 13.2 Å². The molecule has 1 aromatic heterocycles. The van der Waals surface area contributed by atoms with Gasteiger partial charge in [-0.3, -0.25) is 0 Å². The molecule has 98 valence electrons. The van der Waals surface area contributed by atoms with Crippen molar-refractivity contribution >= 4 is 11.3 Å². The van der Waals surface area contributed by atoms with Gasteiger partial charge in [0.2, 0.25) is 0 Å². The van der Waals surface area contributed by atoms with Gasteiger partial charge in [0.05, 0.1) is 19.1 Å². The van der Waals surface area contributed by atoms with Gasteiger partial charge < -0.3 is 10.1 Å². The Labute approximate surface area is 103 Å². The number of rotatable bonds is 7. The van der Waals surface area contributed by atoms with Crippen molar-refractivity contribution in [3.05, 3.63) is 22.4 Å². The summed E-state index contributed by atoms with van der Waals surface area (Å²) in [4.78, 5) is 1.20. The third-order valence-corrected chi connectivity index (χ3v) is 2.98. The topological polar surface area (TPSA) is 21.3 Å². The lowest BCUT2D eigenvalue weighted by molar-refractivity contribution is -0.148. The highest BCUT2D eigenvalue weighted by atomic mass is 32.1. The summed E-state index contributed by atoms with van der Waals surface area (Å²) in [5, 5.41) is 5.13. The Morgan fingerprint density at radius 1 is 1.47 bits per heavy atom. The zero-order valence-corrected chi connectivity index (χ0v) is 10.4. The van der Waals surface area contributed by atoms with Gasteiger partial charge in [-0.05, 0) is 18.4 Å². The molecule has 0 bridgehead atoms. The van der Waals surface area contributed by atoms with E-state index in [0.29, 0.717) is 6.54 Å². The van der Waals surface area contributed by atoms with E-state index in [1.807, 2.05) is 17.5 Å². The van der Waals surface area contributed by atoms with Crippen molar-refractivity contribution in [3.8, 4) is 0 Å². The quantitative estimate of drug-likeness (QED) is 0.819. The third kappa shape index (κ3) is 7.36. The summed E-state index contributed by atoms with van der Waals surface area (Å²) in [6.45, 7) is 2.77. The van der Waals surface area contributed by atoms with Gasteiger partial charge in [0.1, 0.15) is 0 Å². The number of hydrogen-bond donors (Lipinski definition) is 1. The molecule has 6 heteroatoms. The van der Waals surface area contributed by atoms with Gasteiger partial charge in [-0.15, -0.1) is 11.3 Å². The van der Waals surface area contributed by atoms with Crippen molar-refractivity contribution in [2.24, 2.45) is 0 Å². The van der Waals surface area contributed by atoms with Crippen molar-refractivity contribution in [3.63, 3.8) is 0 Å². The minimum absolute atomic E-state index is 0.211. The molecule has 0 aliphatic heterocycles. The Morgan fingerprint density at radius 3 is 2.82 bits per heavy atom. The maximum absolute atomic E-state index is 11.8. The highest BCUT2D eigenvalue weighted by molar-refractivity contribution is 7.09. The van der Waals surface area contributed by atoms with Crippen LogP contribution in [0.25, 0.3) is 0 Å². The van der Waals surface area contributed by atoms with Crippen LogP contribution < -0.4 is 5.32 Å². The standard InChI is InChI=1S/C11H16F3NOS/c1-9(16-5-4-11(12,13)14)7-15-8-10-3-2-6-17-10/h2-3,6,9,15H,4-5,7-8H2,1H3. The zero-order chi connectivity index (χ0) is 12.7. The molecule has 0 fully saturated rings. The van der Waals surface area contributed by atoms with Crippen molar-refractivity contribution in [2.75, 3.05) is 13.2 Å². The second kappa shape index (κ2) is 6.98. The maximum atomic E-state index is 11.8. The fourth-order valence-electron chi connectivity index (χ4n) is 1.25. The zero-order valence-electron chi connectivity index (χ0n) is 9.59. The van der Waals surface area contributed by atoms with Gasteiger partial charge >= 0.3 is 6.18 Å². The highest BCUT2D eigenvalue weighted by Gasteiger charge is 2.26. The lowest BCUT2D eigenvalue weighted by atomic mass is 10.3. The van der Waals surface area contributed by atoms with Gasteiger partial charge in [0.15, 0.2) is 0 Å². The van der Waals surface area contributed by atoms with E-state index in [1.54, 1.807) is 18.3 Å². The van der Waals surface area contributed by atoms with Crippen molar-refractivity contribution in [1.29, 1.82) is 0 Å². The average molecular weight is 267 g/mol. The molecule has 1 N–H and O–H groups in total. The molecule has 1 atom stereocenters. The van der Waals surface area contributed by atoms with E-state index in [2.05, 4.69) is 5.32 Å². The van der Waals surface area contributed by atoms with E-state index in [-0.39, 0.29) is 12.7 Å². The lowest BCUT2D eigenvalue weighted by Gasteiger charge is -2.14. The Hall–Kier alpha value is -0.590. The summed E-state index contributed by atoms with van der Waals surface area (Å²) >= 11 is 1.64. The van der Waals surface area contributed by atoms with Gasteiger partial charge in [-0.2, -0.15) is 13.2 Å². The largest absolute Gasteiger partial charge is 0.391 e. The van der Waals surface area contributed by atoms with Gasteiger partial charge in [-0.25, -0.2) is 0 Å². The SMILES string of the molecule is CC(CNCc1cccs1)OCCC(F)(F)F. The predicted molar refractivity (Wildman–Crippen MR) is 62.1 cm³/mol. The van der Waals surface area contributed by atoms with Crippen molar-refractivity contribution in [1.82, 2.24) is 5.32 Å². The van der Waals surface area contributed by atoms with Crippen LogP contribution in [0.4, 0.5) is 13.2 Å². The minimum Gasteiger partial charge on any atom is -0.377 e. The second-order valence-corrected chi connectivity index (χ2v) is 4.79. The predicted octanol–water partition coefficient (Wildman–Crippen LogP) is 3.20. The van der Waals surface area contributed by atoms with Crippen molar-refractivity contribution < 1.29 is 17.9 Å². The lowest BCUT2D eigenvalue weighted by Crippen LogP contribution is -2.27. The number of nitrogens with one attached hydrogen (secondary N) is 1. The third-order valence-electron chi connectivity index (χ3n) is 2.10. The molecule has 1 aromatic rings. The normalized spacial score (nSPS) is 13.9. The first kappa shape index (κ1) is 14.5. The maximum Gasteiger partial charge on any atom is 0.391 e. The molecule has 0 amide bonds. The summed E-state index contributed by atoms with van der Waals surface area (Å²) in [5.41, 5.74) is 0. The number of thiophene rings is 1. The minimum atomic E-state index is -4.13. The van der Waals surface area contributed by atoms with Crippen LogP contribution in [0, 0.1) is 0 Å². The van der Waals surface area contributed by atoms with Crippen LogP contribution >= 0.6 is 11.3 Å². The highest BCUT2D eigenvalue weighted by Crippen LogP contribution is 2.19. The molecule has 0 aliphatic rings. The van der Waals surface area contributed by atoms with E-state index < -0.39 is 12.6 Å². The summed E-state index contributed by atoms with van der Waals surface area (Å²) in [6.07, 6.45) is -5.23. The van der Waals surface area contributed by atoms with E-state index >= 15 is 0 Å². The van der Waals surface area contributed by atoms with Crippen LogP contribution in [0.15, 0.2) is 17.5 Å². The van der Waals surface area contributed by atoms with Crippen molar-refractivity contribution in [2.45, 2.75) is 32.2 Å². The molecule has 2 nitrogen and oxygen atoms in total. The van der Waals surface area contributed by atoms with Gasteiger partial charge in [-0.1, -0.05) is 6.07 Å². The van der Waals surface area contributed by atoms with Crippen LogP contribution in [-0.4, -0.2) is 25.4 Å². The molecular weight excluding hydrogens is 251 g/mol. The number of halogens is 3. The molecule has 0 aliphatic carbocycles. The first-order valence-corrected chi connectivity index (χ1v) is 6.27. The Morgan fingerprint density at radius 2 is 2.24 bits per heavy atom. The molecule has 1 rings (SSSR count). The van der Waals surface area contributed by atoms with E-state index in [4.69, 9.17) is 4.74 Å². The van der Waals surface area contributed by atoms with Crippen LogP contribution in [-0.2, 0) is 11.3 Å². The van der Waals surface area contributed by atoms with E-state index in [1.165, 1.54) is 4.88 Å². The summed E-state index contributed by atoms with van der Waals surface area (Å²) in [7, 11) is 0. The molecule has 17 heavy (non-hydrogen) atoms. The Kier molecular flexibility index (Phi) is 5.94. The summed E-state index contributed by atoms with van der Waals surface area (Å²) < 4.78 is 40.6. The number of hydrogen-bond acceptors (Lipinski definition) is 3. The molecule has 0 saturated carbocycles. The van der Waals surface area contributed by atoms with Crippen LogP contribution in [0.3, 0.4) is 0 Å². The second-order valence-electron chi connectivity index (χ2n) is 3.76. The molecular formula is C11H16F3NOS. The molecule has 0 aromatic carbocycles. The molecule has 1 heterocycles. The molecule has 0 radical (unpaired) electrons. The molecule has 1 unspecified atom stereocenters. The van der Waals surface area contributed by atoms with Crippen LogP contribution in [0.1, 0.15) is 18.2 Å². The van der Waals surface area contributed by atoms with E-state index in [0.717, 1.165) is 6.54 Å². The monoisotopic (exact) mass is 267 g/mol. The Bertz CT molecular complexity index is 300. The average Bonchev–Trinajstić information content (AvgIpc) is 2.68. The molecule has 0 saturated heterocycles. The molecule has 0 spiro atoms. The number of alkyl halides is 3. The van der Waals surface area contributed by atoms with Crippen LogP contribution in [0.2, 0.25) is 0 Å². The smallest absolute Gasteiger partial charge is 0.377 e. The van der Waals surface area contributed by atoms with Gasteiger partial charge in [0.25, 0.3) is 0 Å². The summed E-state index contributed by atoms with van der Waals surface area (Å²) in [6, 6.07) is 3.97. The Balaban J connectivity index is 2.03. The number of ether oxygens (including phenoxy) is 1. The fourth-order valence-corrected chi connectivity index (χ4v) is 1.92.